The van der Waals surface area contributed by atoms with Crippen LogP contribution in [0.2, 0.25) is 0 Å². The summed E-state index contributed by atoms with van der Waals surface area (Å²) in [5.74, 6) is 0. The molecule has 0 aliphatic carbocycles. The van der Waals surface area contributed by atoms with Gasteiger partial charge in [0.05, 0.1) is 0 Å². The lowest BCUT2D eigenvalue weighted by atomic mass is 10.2. The van der Waals surface area contributed by atoms with Gasteiger partial charge in [0, 0.05) is 10.5 Å². The van der Waals surface area contributed by atoms with Crippen LogP contribution in [-0.4, -0.2) is 0 Å². The fourth-order valence-corrected chi connectivity index (χ4v) is 2.43. The molecule has 3 N–H and O–H groups in total. The van der Waals surface area contributed by atoms with Crippen molar-refractivity contribution in [3.8, 4) is 0 Å². The topological polar surface area (TPSA) is 27.6 Å². The highest BCUT2D eigenvalue weighted by atomic mass is 32.2. The van der Waals surface area contributed by atoms with Gasteiger partial charge in [-0.25, -0.2) is 0 Å². The van der Waals surface area contributed by atoms with Crippen LogP contribution in [0.3, 0.4) is 0 Å². The Morgan fingerprint density at radius 3 is 2.19 bits per heavy atom. The minimum Gasteiger partial charge on any atom is -0.342 e. The van der Waals surface area contributed by atoms with E-state index in [0.29, 0.717) is 0 Å². The van der Waals surface area contributed by atoms with Gasteiger partial charge in [-0.1, -0.05) is 59.8 Å². The predicted molar refractivity (Wildman–Crippen MR) is 69.1 cm³/mol. The molecule has 0 amide bonds. The highest BCUT2D eigenvalue weighted by Crippen LogP contribution is 2.29. The standard InChI is InChI=1S/C14H15NS/c1-11-7-9-13(10-8-11)16-14(15)12-5-3-2-4-6-12/h2-10,14H,15H2,1H3/p+1. The van der Waals surface area contributed by atoms with Gasteiger partial charge in [0.1, 0.15) is 0 Å². The molecule has 0 aromatic heterocycles. The van der Waals surface area contributed by atoms with E-state index in [1.165, 1.54) is 16.0 Å². The van der Waals surface area contributed by atoms with E-state index < -0.39 is 0 Å². The van der Waals surface area contributed by atoms with Crippen molar-refractivity contribution in [2.24, 2.45) is 0 Å². The molecule has 0 saturated carbocycles. The maximum Gasteiger partial charge on any atom is 0.161 e. The fourth-order valence-electron chi connectivity index (χ4n) is 1.52. The van der Waals surface area contributed by atoms with Crippen molar-refractivity contribution in [2.45, 2.75) is 17.2 Å². The zero-order valence-electron chi connectivity index (χ0n) is 9.39. The first kappa shape index (κ1) is 11.2. The van der Waals surface area contributed by atoms with E-state index >= 15 is 0 Å². The summed E-state index contributed by atoms with van der Waals surface area (Å²) in [7, 11) is 0. The average Bonchev–Trinajstić information content (AvgIpc) is 2.33. The van der Waals surface area contributed by atoms with E-state index in [2.05, 4.69) is 61.2 Å². The molecule has 0 bridgehead atoms. The van der Waals surface area contributed by atoms with Gasteiger partial charge in [0.15, 0.2) is 5.37 Å². The molecule has 0 aliphatic heterocycles. The monoisotopic (exact) mass is 230 g/mol. The molecule has 82 valence electrons. The summed E-state index contributed by atoms with van der Waals surface area (Å²) in [6.45, 7) is 2.10. The lowest BCUT2D eigenvalue weighted by Gasteiger charge is -2.08. The van der Waals surface area contributed by atoms with Crippen LogP contribution in [0.4, 0.5) is 0 Å². The third kappa shape index (κ3) is 2.87. The van der Waals surface area contributed by atoms with Crippen LogP contribution in [-0.2, 0) is 0 Å². The second kappa shape index (κ2) is 5.19. The van der Waals surface area contributed by atoms with Crippen molar-refractivity contribution in [1.82, 2.24) is 0 Å². The Morgan fingerprint density at radius 1 is 0.938 bits per heavy atom. The van der Waals surface area contributed by atoms with Gasteiger partial charge < -0.3 is 5.73 Å². The molecular formula is C14H16NS+. The Bertz CT molecular complexity index is 436. The number of benzene rings is 2. The van der Waals surface area contributed by atoms with Crippen molar-refractivity contribution in [3.05, 3.63) is 65.7 Å². The smallest absolute Gasteiger partial charge is 0.161 e. The van der Waals surface area contributed by atoms with Gasteiger partial charge >= 0.3 is 0 Å². The van der Waals surface area contributed by atoms with Gasteiger partial charge in [-0.2, -0.15) is 0 Å². The van der Waals surface area contributed by atoms with Gasteiger partial charge in [-0.3, -0.25) is 0 Å². The second-order valence-electron chi connectivity index (χ2n) is 3.83. The average molecular weight is 230 g/mol. The van der Waals surface area contributed by atoms with Crippen LogP contribution < -0.4 is 5.73 Å². The first-order valence-electron chi connectivity index (χ1n) is 5.37. The zero-order valence-corrected chi connectivity index (χ0v) is 10.2. The van der Waals surface area contributed by atoms with Crippen LogP contribution in [0.1, 0.15) is 16.5 Å². The summed E-state index contributed by atoms with van der Waals surface area (Å²) >= 11 is 1.79. The molecule has 16 heavy (non-hydrogen) atoms. The third-order valence-electron chi connectivity index (χ3n) is 2.47. The number of quaternary nitrogens is 1. The first-order chi connectivity index (χ1) is 7.75. The van der Waals surface area contributed by atoms with Crippen molar-refractivity contribution >= 4 is 11.8 Å². The molecule has 2 aromatic carbocycles. The van der Waals surface area contributed by atoms with Gasteiger partial charge in [0.2, 0.25) is 0 Å². The van der Waals surface area contributed by atoms with E-state index in [1.807, 2.05) is 6.07 Å². The van der Waals surface area contributed by atoms with E-state index in [1.54, 1.807) is 11.8 Å². The van der Waals surface area contributed by atoms with Gasteiger partial charge in [0.25, 0.3) is 0 Å². The molecule has 2 heteroatoms. The molecule has 1 nitrogen and oxygen atoms in total. The van der Waals surface area contributed by atoms with Crippen LogP contribution in [0.5, 0.6) is 0 Å². The minimum atomic E-state index is 0.254. The van der Waals surface area contributed by atoms with Crippen LogP contribution in [0.15, 0.2) is 59.5 Å². The molecule has 0 saturated heterocycles. The number of hydrogen-bond donors (Lipinski definition) is 1. The molecular weight excluding hydrogens is 214 g/mol. The second-order valence-corrected chi connectivity index (χ2v) is 5.11. The molecule has 0 spiro atoms. The molecule has 0 radical (unpaired) electrons. The normalized spacial score (nSPS) is 12.4. The van der Waals surface area contributed by atoms with Crippen molar-refractivity contribution in [1.29, 1.82) is 0 Å². The maximum absolute atomic E-state index is 4.19. The zero-order chi connectivity index (χ0) is 11.4. The number of aryl methyl sites for hydroxylation is 1. The molecule has 1 atom stereocenters. The van der Waals surface area contributed by atoms with Crippen LogP contribution in [0.25, 0.3) is 0 Å². The number of thioether (sulfide) groups is 1. The van der Waals surface area contributed by atoms with Crippen LogP contribution >= 0.6 is 11.8 Å². The van der Waals surface area contributed by atoms with Crippen molar-refractivity contribution in [3.63, 3.8) is 0 Å². The first-order valence-corrected chi connectivity index (χ1v) is 6.25. The Hall–Kier alpha value is -1.25. The molecule has 0 aliphatic rings. The number of rotatable bonds is 3. The largest absolute Gasteiger partial charge is 0.342 e. The SMILES string of the molecule is Cc1ccc(SC([NH3+])c2ccccc2)cc1. The van der Waals surface area contributed by atoms with Gasteiger partial charge in [-0.05, 0) is 19.1 Å². The highest BCUT2D eigenvalue weighted by molar-refractivity contribution is 7.99. The molecule has 2 aromatic rings. The fraction of sp³-hybridized carbons (Fsp3) is 0.143. The third-order valence-corrected chi connectivity index (χ3v) is 3.57. The Labute approximate surface area is 101 Å². The summed E-state index contributed by atoms with van der Waals surface area (Å²) < 4.78 is 0. The lowest BCUT2D eigenvalue weighted by molar-refractivity contribution is -0.391. The van der Waals surface area contributed by atoms with E-state index in [9.17, 15) is 0 Å². The summed E-state index contributed by atoms with van der Waals surface area (Å²) in [5, 5.41) is 0.254. The van der Waals surface area contributed by atoms with E-state index in [4.69, 9.17) is 0 Å². The Morgan fingerprint density at radius 2 is 1.56 bits per heavy atom. The summed E-state index contributed by atoms with van der Waals surface area (Å²) in [6.07, 6.45) is 0. The van der Waals surface area contributed by atoms with Crippen molar-refractivity contribution < 1.29 is 5.73 Å². The summed E-state index contributed by atoms with van der Waals surface area (Å²) in [5.41, 5.74) is 6.76. The predicted octanol–water partition coefficient (Wildman–Crippen LogP) is 3.03. The highest BCUT2D eigenvalue weighted by Gasteiger charge is 2.10. The Kier molecular flexibility index (Phi) is 3.65. The Balaban J connectivity index is 2.08. The van der Waals surface area contributed by atoms with E-state index in [0.717, 1.165) is 0 Å². The molecule has 2 rings (SSSR count). The summed E-state index contributed by atoms with van der Waals surface area (Å²) in [4.78, 5) is 1.27. The molecule has 1 unspecified atom stereocenters. The lowest BCUT2D eigenvalue weighted by Crippen LogP contribution is -2.51. The van der Waals surface area contributed by atoms with E-state index in [-0.39, 0.29) is 5.37 Å². The quantitative estimate of drug-likeness (QED) is 0.637. The maximum atomic E-state index is 4.19. The number of hydrogen-bond acceptors (Lipinski definition) is 1. The van der Waals surface area contributed by atoms with Crippen LogP contribution in [0, 0.1) is 6.92 Å². The molecule has 0 fully saturated rings. The minimum absolute atomic E-state index is 0.254. The van der Waals surface area contributed by atoms with Crippen molar-refractivity contribution in [2.75, 3.05) is 0 Å². The summed E-state index contributed by atoms with van der Waals surface area (Å²) in [6, 6.07) is 19.0. The van der Waals surface area contributed by atoms with Gasteiger partial charge in [-0.15, -0.1) is 0 Å². The molecule has 0 heterocycles.